The van der Waals surface area contributed by atoms with Gasteiger partial charge in [0.25, 0.3) is 11.8 Å². The van der Waals surface area contributed by atoms with E-state index in [1.54, 1.807) is 35.4 Å². The molecule has 2 N–H and O–H groups in total. The molecule has 4 rings (SSSR count). The van der Waals surface area contributed by atoms with Crippen LogP contribution in [0.3, 0.4) is 0 Å². The van der Waals surface area contributed by atoms with Gasteiger partial charge in [-0.1, -0.05) is 30.7 Å². The lowest BCUT2D eigenvalue weighted by Gasteiger charge is -2.35. The van der Waals surface area contributed by atoms with Crippen LogP contribution in [0.2, 0.25) is 5.02 Å². The van der Waals surface area contributed by atoms with E-state index in [-0.39, 0.29) is 24.2 Å². The topological polar surface area (TPSA) is 113 Å². The van der Waals surface area contributed by atoms with Crippen LogP contribution >= 0.6 is 11.6 Å². The van der Waals surface area contributed by atoms with Crippen molar-refractivity contribution in [1.29, 1.82) is 0 Å². The van der Waals surface area contributed by atoms with Crippen LogP contribution in [0, 0.1) is 0 Å². The summed E-state index contributed by atoms with van der Waals surface area (Å²) < 4.78 is 27.1. The molecule has 1 aliphatic carbocycles. The maximum absolute atomic E-state index is 13.6. The van der Waals surface area contributed by atoms with Crippen LogP contribution in [0.4, 0.5) is 0 Å². The maximum Gasteiger partial charge on any atom is 0.287 e. The molecule has 36 heavy (non-hydrogen) atoms. The van der Waals surface area contributed by atoms with Crippen molar-refractivity contribution < 1.29 is 18.0 Å². The summed E-state index contributed by atoms with van der Waals surface area (Å²) in [5.74, 6) is -0.496. The van der Waals surface area contributed by atoms with Gasteiger partial charge in [-0.15, -0.1) is 0 Å². The van der Waals surface area contributed by atoms with Gasteiger partial charge < -0.3 is 20.1 Å². The fourth-order valence-electron chi connectivity index (χ4n) is 4.74. The van der Waals surface area contributed by atoms with Crippen molar-refractivity contribution in [3.05, 3.63) is 52.6 Å². The van der Waals surface area contributed by atoms with E-state index in [9.17, 15) is 18.0 Å². The maximum atomic E-state index is 13.6. The second kappa shape index (κ2) is 10.1. The lowest BCUT2D eigenvalue weighted by molar-refractivity contribution is 0.0698. The molecule has 0 saturated heterocycles. The molecule has 0 radical (unpaired) electrons. The van der Waals surface area contributed by atoms with E-state index in [0.29, 0.717) is 56.2 Å². The molecular weight excluding hydrogens is 502 g/mol. The minimum Gasteiger partial charge on any atom is -0.345 e. The number of carbonyl (C=O) groups excluding carboxylic acids is 2. The Hall–Kier alpha value is -2.43. The first-order chi connectivity index (χ1) is 17.0. The number of imidazole rings is 1. The fraction of sp³-hybridized carbons (Fsp3) is 0.560. The molecule has 1 aromatic carbocycles. The number of hydrogen-bond donors (Lipinski definition) is 2. The van der Waals surface area contributed by atoms with Gasteiger partial charge in [0.1, 0.15) is 5.69 Å². The van der Waals surface area contributed by atoms with Crippen molar-refractivity contribution in [3.63, 3.8) is 0 Å². The lowest BCUT2D eigenvalue weighted by Crippen LogP contribution is -2.51. The molecule has 9 nitrogen and oxygen atoms in total. The van der Waals surface area contributed by atoms with Crippen LogP contribution in [0.25, 0.3) is 0 Å². The minimum atomic E-state index is -3.48. The Bertz CT molecular complexity index is 1240. The zero-order chi connectivity index (χ0) is 26.1. The number of rotatable bonds is 11. The highest BCUT2D eigenvalue weighted by Gasteiger charge is 2.60. The van der Waals surface area contributed by atoms with Gasteiger partial charge in [0.05, 0.1) is 15.7 Å². The number of nitrogens with one attached hydrogen (secondary N) is 2. The highest BCUT2D eigenvalue weighted by Crippen LogP contribution is 2.49. The van der Waals surface area contributed by atoms with Crippen LogP contribution in [-0.4, -0.2) is 70.4 Å². The van der Waals surface area contributed by atoms with Gasteiger partial charge in [-0.2, -0.15) is 0 Å². The number of aromatic nitrogens is 2. The Balaban J connectivity index is 1.43. The van der Waals surface area contributed by atoms with Gasteiger partial charge >= 0.3 is 0 Å². The van der Waals surface area contributed by atoms with Gasteiger partial charge in [0, 0.05) is 31.2 Å². The average Bonchev–Trinajstić information content (AvgIpc) is 3.50. The summed E-state index contributed by atoms with van der Waals surface area (Å²) in [6, 6.07) is 7.16. The van der Waals surface area contributed by atoms with E-state index in [4.69, 9.17) is 11.6 Å². The Kier molecular flexibility index (Phi) is 7.50. The second-order valence-electron chi connectivity index (χ2n) is 10.2. The summed E-state index contributed by atoms with van der Waals surface area (Å²) >= 11 is 5.90. The average molecular weight is 536 g/mol. The van der Waals surface area contributed by atoms with Crippen molar-refractivity contribution in [2.45, 2.75) is 62.6 Å². The zero-order valence-electron chi connectivity index (χ0n) is 21.0. The fourth-order valence-corrected chi connectivity index (χ4v) is 7.37. The van der Waals surface area contributed by atoms with Crippen LogP contribution in [0.1, 0.15) is 66.7 Å². The Morgan fingerprint density at radius 1 is 1.19 bits per heavy atom. The smallest absolute Gasteiger partial charge is 0.287 e. The normalized spacial score (nSPS) is 17.1. The molecular formula is C25H34ClN5O4S. The predicted octanol–water partition coefficient (Wildman–Crippen LogP) is 2.65. The summed E-state index contributed by atoms with van der Waals surface area (Å²) in [6.45, 7) is 8.15. The second-order valence-corrected chi connectivity index (χ2v) is 13.6. The van der Waals surface area contributed by atoms with Gasteiger partial charge in [-0.25, -0.2) is 13.4 Å². The first kappa shape index (κ1) is 26.6. The first-order valence-electron chi connectivity index (χ1n) is 12.3. The third-order valence-electron chi connectivity index (χ3n) is 7.26. The standard InChI is InChI=1S/C25H34ClN5O4S/c1-4-27-12-11-24(2,3)36(34,35)25(9-10-25)17-30-13-14-31-20(23(30)33)16-28-21(31)22(32)29-15-18-5-7-19(26)8-6-18/h5-8,16,27H,4,9-15,17H2,1-3H3,(H,29,32). The molecule has 0 unspecified atom stereocenters. The van der Waals surface area contributed by atoms with Gasteiger partial charge in [-0.3, -0.25) is 9.59 Å². The highest BCUT2D eigenvalue weighted by atomic mass is 35.5. The highest BCUT2D eigenvalue weighted by molar-refractivity contribution is 7.94. The molecule has 0 bridgehead atoms. The van der Waals surface area contributed by atoms with Crippen LogP contribution in [0.15, 0.2) is 30.5 Å². The molecule has 2 aliphatic rings. The first-order valence-corrected chi connectivity index (χ1v) is 14.2. The van der Waals surface area contributed by atoms with Crippen molar-refractivity contribution in [2.24, 2.45) is 0 Å². The molecule has 0 spiro atoms. The SMILES string of the molecule is CCNCCC(C)(C)S(=O)(=O)C1(CN2CCn3c(cnc3C(=O)NCc3ccc(Cl)cc3)C2=O)CC1. The largest absolute Gasteiger partial charge is 0.345 e. The van der Waals surface area contributed by atoms with Crippen LogP contribution < -0.4 is 10.6 Å². The van der Waals surface area contributed by atoms with Crippen molar-refractivity contribution in [2.75, 3.05) is 26.2 Å². The van der Waals surface area contributed by atoms with E-state index in [2.05, 4.69) is 15.6 Å². The Morgan fingerprint density at radius 2 is 1.89 bits per heavy atom. The number of nitrogens with zero attached hydrogens (tertiary/aromatic N) is 3. The van der Waals surface area contributed by atoms with Gasteiger partial charge in [0.15, 0.2) is 15.7 Å². The van der Waals surface area contributed by atoms with Crippen LogP contribution in [-0.2, 0) is 22.9 Å². The predicted molar refractivity (Wildman–Crippen MR) is 139 cm³/mol. The third kappa shape index (κ3) is 5.03. The molecule has 11 heteroatoms. The van der Waals surface area contributed by atoms with E-state index < -0.39 is 19.3 Å². The monoisotopic (exact) mass is 535 g/mol. The van der Waals surface area contributed by atoms with E-state index in [0.717, 1.165) is 12.1 Å². The van der Waals surface area contributed by atoms with Gasteiger partial charge in [-0.05, 0) is 63.9 Å². The quantitative estimate of drug-likeness (QED) is 0.428. The molecule has 2 aromatic rings. The Labute approximate surface area is 217 Å². The summed E-state index contributed by atoms with van der Waals surface area (Å²) in [7, 11) is -3.48. The number of carbonyl (C=O) groups is 2. The summed E-state index contributed by atoms with van der Waals surface area (Å²) in [6.07, 6.45) is 3.03. The summed E-state index contributed by atoms with van der Waals surface area (Å²) in [4.78, 5) is 31.9. The summed E-state index contributed by atoms with van der Waals surface area (Å²) in [5, 5.41) is 6.65. The number of halogens is 1. The van der Waals surface area contributed by atoms with Crippen molar-refractivity contribution in [1.82, 2.24) is 25.1 Å². The summed E-state index contributed by atoms with van der Waals surface area (Å²) in [5.41, 5.74) is 1.20. The molecule has 1 fully saturated rings. The molecule has 196 valence electrons. The molecule has 0 atom stereocenters. The molecule has 1 aromatic heterocycles. The number of amides is 2. The number of fused-ring (bicyclic) bond motifs is 1. The molecule has 2 amide bonds. The minimum absolute atomic E-state index is 0.169. The Morgan fingerprint density at radius 3 is 2.53 bits per heavy atom. The third-order valence-corrected chi connectivity index (χ3v) is 10.9. The number of sulfone groups is 1. The zero-order valence-corrected chi connectivity index (χ0v) is 22.6. The number of benzene rings is 1. The molecule has 2 heterocycles. The van der Waals surface area contributed by atoms with Gasteiger partial charge in [0.2, 0.25) is 0 Å². The lowest BCUT2D eigenvalue weighted by atomic mass is 10.1. The van der Waals surface area contributed by atoms with E-state index in [1.165, 1.54) is 6.20 Å². The van der Waals surface area contributed by atoms with E-state index in [1.807, 2.05) is 19.1 Å². The van der Waals surface area contributed by atoms with Crippen molar-refractivity contribution in [3.8, 4) is 0 Å². The molecule has 1 saturated carbocycles. The van der Waals surface area contributed by atoms with Crippen molar-refractivity contribution >= 4 is 33.3 Å². The van der Waals surface area contributed by atoms with Crippen LogP contribution in [0.5, 0.6) is 0 Å². The number of hydrogen-bond acceptors (Lipinski definition) is 6. The molecule has 1 aliphatic heterocycles. The van der Waals surface area contributed by atoms with E-state index >= 15 is 0 Å².